The molecule has 118 valence electrons. The summed E-state index contributed by atoms with van der Waals surface area (Å²) in [6.07, 6.45) is 6.58. The lowest BCUT2D eigenvalue weighted by molar-refractivity contribution is -0.117. The Morgan fingerprint density at radius 2 is 2.27 bits per heavy atom. The molecule has 0 atom stereocenters. The number of hydrogen-bond acceptors (Lipinski definition) is 4. The number of rotatable bonds is 6. The molecule has 0 aromatic carbocycles. The van der Waals surface area contributed by atoms with Gasteiger partial charge >= 0.3 is 0 Å². The Hall–Kier alpha value is -1.66. The number of aromatic nitrogens is 2. The van der Waals surface area contributed by atoms with Crippen LogP contribution in [0.2, 0.25) is 0 Å². The van der Waals surface area contributed by atoms with Crippen molar-refractivity contribution >= 4 is 23.1 Å². The second kappa shape index (κ2) is 7.07. The van der Waals surface area contributed by atoms with E-state index in [0.29, 0.717) is 12.6 Å². The fraction of sp³-hybridized carbons (Fsp3) is 0.500. The minimum atomic E-state index is 0.0128. The standard InChI is InChI=1S/C16H22N4OS/c1-19(11-14-7-4-10-22-14)12-16(21)18-15-8-9-17-20(15)13-5-2-3-6-13/h4,7-10,13H,2-3,5-6,11-12H2,1H3,(H,18,21). The molecular formula is C16H22N4OS. The minimum absolute atomic E-state index is 0.0128. The maximum Gasteiger partial charge on any atom is 0.239 e. The van der Waals surface area contributed by atoms with E-state index >= 15 is 0 Å². The van der Waals surface area contributed by atoms with Gasteiger partial charge in [0, 0.05) is 17.5 Å². The molecule has 2 aromatic heterocycles. The summed E-state index contributed by atoms with van der Waals surface area (Å²) in [5.41, 5.74) is 0. The average Bonchev–Trinajstić information content (AvgIpc) is 3.19. The van der Waals surface area contributed by atoms with Gasteiger partial charge in [0.1, 0.15) is 5.82 Å². The van der Waals surface area contributed by atoms with Gasteiger partial charge in [-0.1, -0.05) is 18.9 Å². The van der Waals surface area contributed by atoms with Crippen LogP contribution >= 0.6 is 11.3 Å². The van der Waals surface area contributed by atoms with Crippen LogP contribution in [0, 0.1) is 0 Å². The number of nitrogens with one attached hydrogen (secondary N) is 1. The Labute approximate surface area is 134 Å². The topological polar surface area (TPSA) is 50.2 Å². The van der Waals surface area contributed by atoms with Gasteiger partial charge in [-0.25, -0.2) is 4.68 Å². The van der Waals surface area contributed by atoms with Gasteiger partial charge in [0.2, 0.25) is 5.91 Å². The first-order valence-electron chi connectivity index (χ1n) is 7.76. The summed E-state index contributed by atoms with van der Waals surface area (Å²) in [5, 5.41) is 9.44. The summed E-state index contributed by atoms with van der Waals surface area (Å²) >= 11 is 1.72. The van der Waals surface area contributed by atoms with Crippen LogP contribution in [-0.4, -0.2) is 34.2 Å². The summed E-state index contributed by atoms with van der Waals surface area (Å²) in [5.74, 6) is 0.834. The van der Waals surface area contributed by atoms with Gasteiger partial charge in [0.25, 0.3) is 0 Å². The van der Waals surface area contributed by atoms with Gasteiger partial charge in [-0.15, -0.1) is 11.3 Å². The van der Waals surface area contributed by atoms with E-state index in [-0.39, 0.29) is 5.91 Å². The Balaban J connectivity index is 1.54. The molecule has 1 aliphatic rings. The number of nitrogens with zero attached hydrogens (tertiary/aromatic N) is 3. The summed E-state index contributed by atoms with van der Waals surface area (Å²) in [6, 6.07) is 6.45. The van der Waals surface area contributed by atoms with Crippen molar-refractivity contribution in [3.05, 3.63) is 34.7 Å². The second-order valence-electron chi connectivity index (χ2n) is 5.90. The molecule has 5 nitrogen and oxygen atoms in total. The number of anilines is 1. The molecule has 1 saturated carbocycles. The summed E-state index contributed by atoms with van der Waals surface area (Å²) in [6.45, 7) is 1.18. The molecule has 1 amide bonds. The van der Waals surface area contributed by atoms with E-state index in [1.165, 1.54) is 17.7 Å². The van der Waals surface area contributed by atoms with Crippen molar-refractivity contribution in [2.45, 2.75) is 38.3 Å². The van der Waals surface area contributed by atoms with Crippen molar-refractivity contribution in [2.75, 3.05) is 18.9 Å². The van der Waals surface area contributed by atoms with Gasteiger partial charge in [0.05, 0.1) is 18.8 Å². The number of carbonyl (C=O) groups is 1. The molecule has 0 spiro atoms. The lowest BCUT2D eigenvalue weighted by atomic mass is 10.2. The van der Waals surface area contributed by atoms with Crippen LogP contribution in [-0.2, 0) is 11.3 Å². The number of amides is 1. The molecule has 0 bridgehead atoms. The average molecular weight is 318 g/mol. The van der Waals surface area contributed by atoms with Crippen molar-refractivity contribution in [1.29, 1.82) is 0 Å². The highest BCUT2D eigenvalue weighted by Crippen LogP contribution is 2.31. The van der Waals surface area contributed by atoms with E-state index in [2.05, 4.69) is 21.9 Å². The normalized spacial score (nSPS) is 15.5. The van der Waals surface area contributed by atoms with Crippen LogP contribution in [0.1, 0.15) is 36.6 Å². The smallest absolute Gasteiger partial charge is 0.239 e. The summed E-state index contributed by atoms with van der Waals surface area (Å²) in [4.78, 5) is 15.5. The molecule has 0 unspecified atom stereocenters. The molecule has 2 heterocycles. The molecule has 3 rings (SSSR count). The molecule has 2 aromatic rings. The van der Waals surface area contributed by atoms with Crippen LogP contribution in [0.5, 0.6) is 0 Å². The minimum Gasteiger partial charge on any atom is -0.310 e. The number of hydrogen-bond donors (Lipinski definition) is 1. The molecule has 1 aliphatic carbocycles. The van der Waals surface area contributed by atoms with Crippen molar-refractivity contribution in [3.63, 3.8) is 0 Å². The SMILES string of the molecule is CN(CC(=O)Nc1ccnn1C1CCCC1)Cc1cccs1. The van der Waals surface area contributed by atoms with E-state index in [4.69, 9.17) is 0 Å². The number of likely N-dealkylation sites (N-methyl/N-ethyl adjacent to an activating group) is 1. The molecule has 0 saturated heterocycles. The Morgan fingerprint density at radius 1 is 1.45 bits per heavy atom. The highest BCUT2D eigenvalue weighted by Gasteiger charge is 2.20. The quantitative estimate of drug-likeness (QED) is 0.890. The summed E-state index contributed by atoms with van der Waals surface area (Å²) in [7, 11) is 1.97. The maximum atomic E-state index is 12.2. The largest absolute Gasteiger partial charge is 0.310 e. The highest BCUT2D eigenvalue weighted by molar-refractivity contribution is 7.09. The third-order valence-corrected chi connectivity index (χ3v) is 4.89. The fourth-order valence-corrected chi connectivity index (χ4v) is 3.79. The molecule has 1 fully saturated rings. The Morgan fingerprint density at radius 3 is 3.00 bits per heavy atom. The zero-order valence-electron chi connectivity index (χ0n) is 12.9. The zero-order chi connectivity index (χ0) is 15.4. The predicted octanol–water partition coefficient (Wildman–Crippen LogP) is 3.13. The third kappa shape index (κ3) is 3.75. The molecule has 0 aliphatic heterocycles. The van der Waals surface area contributed by atoms with E-state index in [1.807, 2.05) is 28.8 Å². The van der Waals surface area contributed by atoms with E-state index in [1.54, 1.807) is 17.5 Å². The maximum absolute atomic E-state index is 12.2. The van der Waals surface area contributed by atoms with Gasteiger partial charge in [0.15, 0.2) is 0 Å². The zero-order valence-corrected chi connectivity index (χ0v) is 13.7. The van der Waals surface area contributed by atoms with Gasteiger partial charge in [-0.05, 0) is 31.3 Å². The van der Waals surface area contributed by atoms with Crippen molar-refractivity contribution in [3.8, 4) is 0 Å². The first-order valence-corrected chi connectivity index (χ1v) is 8.64. The van der Waals surface area contributed by atoms with Crippen molar-refractivity contribution < 1.29 is 4.79 Å². The fourth-order valence-electron chi connectivity index (χ4n) is 3.01. The van der Waals surface area contributed by atoms with Crippen LogP contribution in [0.25, 0.3) is 0 Å². The highest BCUT2D eigenvalue weighted by atomic mass is 32.1. The third-order valence-electron chi connectivity index (χ3n) is 4.03. The van der Waals surface area contributed by atoms with Crippen molar-refractivity contribution in [1.82, 2.24) is 14.7 Å². The predicted molar refractivity (Wildman–Crippen MR) is 89.0 cm³/mol. The Kier molecular flexibility index (Phi) is 4.90. The van der Waals surface area contributed by atoms with E-state index in [9.17, 15) is 4.79 Å². The van der Waals surface area contributed by atoms with Crippen LogP contribution in [0.4, 0.5) is 5.82 Å². The molecule has 6 heteroatoms. The van der Waals surface area contributed by atoms with Gasteiger partial charge < -0.3 is 5.32 Å². The van der Waals surface area contributed by atoms with Crippen LogP contribution in [0.15, 0.2) is 29.8 Å². The van der Waals surface area contributed by atoms with Gasteiger partial charge in [-0.3, -0.25) is 9.69 Å². The van der Waals surface area contributed by atoms with Crippen LogP contribution < -0.4 is 5.32 Å². The lowest BCUT2D eigenvalue weighted by Gasteiger charge is -2.17. The molecular weight excluding hydrogens is 296 g/mol. The molecule has 1 N–H and O–H groups in total. The number of carbonyl (C=O) groups excluding carboxylic acids is 1. The second-order valence-corrected chi connectivity index (χ2v) is 6.93. The first kappa shape index (κ1) is 15.2. The van der Waals surface area contributed by atoms with Crippen molar-refractivity contribution in [2.24, 2.45) is 0 Å². The van der Waals surface area contributed by atoms with E-state index < -0.39 is 0 Å². The molecule has 22 heavy (non-hydrogen) atoms. The first-order chi connectivity index (χ1) is 10.7. The van der Waals surface area contributed by atoms with Crippen LogP contribution in [0.3, 0.4) is 0 Å². The van der Waals surface area contributed by atoms with Gasteiger partial charge in [-0.2, -0.15) is 5.10 Å². The lowest BCUT2D eigenvalue weighted by Crippen LogP contribution is -2.30. The Bertz CT molecular complexity index is 601. The number of thiophene rings is 1. The molecule has 0 radical (unpaired) electrons. The van der Waals surface area contributed by atoms with E-state index in [0.717, 1.165) is 25.2 Å². The summed E-state index contributed by atoms with van der Waals surface area (Å²) < 4.78 is 1.98. The monoisotopic (exact) mass is 318 g/mol.